The van der Waals surface area contributed by atoms with E-state index in [4.69, 9.17) is 5.73 Å². The molecule has 0 aliphatic heterocycles. The lowest BCUT2D eigenvalue weighted by Gasteiger charge is -2.26. The predicted octanol–water partition coefficient (Wildman–Crippen LogP) is 1.90. The highest BCUT2D eigenvalue weighted by atomic mass is 19.4. The third-order valence-corrected chi connectivity index (χ3v) is 1.54. The number of alkyl halides is 3. The van der Waals surface area contributed by atoms with E-state index in [1.165, 1.54) is 0 Å². The highest BCUT2D eigenvalue weighted by molar-refractivity contribution is 4.76. The van der Waals surface area contributed by atoms with Crippen LogP contribution in [0, 0.1) is 5.41 Å². The van der Waals surface area contributed by atoms with Crippen LogP contribution in [0.3, 0.4) is 0 Å². The summed E-state index contributed by atoms with van der Waals surface area (Å²) >= 11 is 0. The van der Waals surface area contributed by atoms with Gasteiger partial charge < -0.3 is 5.73 Å². The quantitative estimate of drug-likeness (QED) is 0.713. The Balaban J connectivity index is 3.80. The first-order valence-electron chi connectivity index (χ1n) is 3.59. The van der Waals surface area contributed by atoms with Crippen molar-refractivity contribution in [1.82, 2.24) is 0 Å². The van der Waals surface area contributed by atoms with E-state index in [1.54, 1.807) is 20.8 Å². The van der Waals surface area contributed by atoms with Gasteiger partial charge in [0, 0.05) is 6.04 Å². The molecule has 0 amide bonds. The lowest BCUT2D eigenvalue weighted by Crippen LogP contribution is -2.40. The Labute approximate surface area is 69.9 Å². The standard InChI is InChI=1S/C7H14F3NO/c1-6(2,3)5(11)4-12-7(8,9)10/h5H,4,11H2,1-3H3/t5-/m0/s1. The predicted molar refractivity (Wildman–Crippen MR) is 39.4 cm³/mol. The highest BCUT2D eigenvalue weighted by Crippen LogP contribution is 2.21. The number of hydrogen-bond acceptors (Lipinski definition) is 2. The summed E-state index contributed by atoms with van der Waals surface area (Å²) < 4.78 is 38.2. The van der Waals surface area contributed by atoms with E-state index in [9.17, 15) is 13.2 Å². The second-order valence-corrected chi connectivity index (χ2v) is 3.73. The third kappa shape index (κ3) is 5.37. The van der Waals surface area contributed by atoms with E-state index in [-0.39, 0.29) is 5.41 Å². The van der Waals surface area contributed by atoms with Crippen molar-refractivity contribution in [3.63, 3.8) is 0 Å². The van der Waals surface area contributed by atoms with Gasteiger partial charge >= 0.3 is 6.36 Å². The zero-order valence-corrected chi connectivity index (χ0v) is 7.40. The summed E-state index contributed by atoms with van der Waals surface area (Å²) in [5, 5.41) is 0. The Hall–Kier alpha value is -0.290. The second kappa shape index (κ2) is 3.62. The molecule has 0 aromatic carbocycles. The molecule has 0 saturated carbocycles. The molecule has 2 N–H and O–H groups in total. The normalized spacial score (nSPS) is 16.2. The molecule has 0 radical (unpaired) electrons. The second-order valence-electron chi connectivity index (χ2n) is 3.73. The highest BCUT2D eigenvalue weighted by Gasteiger charge is 2.32. The molecule has 0 aromatic rings. The third-order valence-electron chi connectivity index (χ3n) is 1.54. The minimum absolute atomic E-state index is 0.370. The van der Waals surface area contributed by atoms with Crippen molar-refractivity contribution in [1.29, 1.82) is 0 Å². The first-order valence-corrected chi connectivity index (χ1v) is 3.59. The maximum Gasteiger partial charge on any atom is 0.522 e. The van der Waals surface area contributed by atoms with Gasteiger partial charge in [-0.1, -0.05) is 20.8 Å². The Morgan fingerprint density at radius 2 is 1.67 bits per heavy atom. The van der Waals surface area contributed by atoms with Crippen LogP contribution in [-0.4, -0.2) is 19.0 Å². The molecular formula is C7H14F3NO. The van der Waals surface area contributed by atoms with Gasteiger partial charge in [-0.15, -0.1) is 13.2 Å². The Morgan fingerprint density at radius 3 is 1.92 bits per heavy atom. The molecular weight excluding hydrogens is 171 g/mol. The Bertz CT molecular complexity index is 139. The van der Waals surface area contributed by atoms with Crippen molar-refractivity contribution in [3.05, 3.63) is 0 Å². The molecule has 5 heteroatoms. The van der Waals surface area contributed by atoms with Gasteiger partial charge in [0.15, 0.2) is 0 Å². The fraction of sp³-hybridized carbons (Fsp3) is 1.00. The lowest BCUT2D eigenvalue weighted by molar-refractivity contribution is -0.327. The fourth-order valence-corrected chi connectivity index (χ4v) is 0.434. The topological polar surface area (TPSA) is 35.2 Å². The van der Waals surface area contributed by atoms with Crippen molar-refractivity contribution >= 4 is 0 Å². The first kappa shape index (κ1) is 11.7. The minimum atomic E-state index is -4.58. The van der Waals surface area contributed by atoms with Crippen molar-refractivity contribution in [2.75, 3.05) is 6.61 Å². The van der Waals surface area contributed by atoms with Crippen LogP contribution < -0.4 is 5.73 Å². The average Bonchev–Trinajstić information content (AvgIpc) is 1.78. The van der Waals surface area contributed by atoms with Crippen molar-refractivity contribution in [2.24, 2.45) is 11.1 Å². The molecule has 2 nitrogen and oxygen atoms in total. The molecule has 0 heterocycles. The summed E-state index contributed by atoms with van der Waals surface area (Å²) in [6, 6.07) is -0.612. The summed E-state index contributed by atoms with van der Waals surface area (Å²) in [5.74, 6) is 0. The smallest absolute Gasteiger partial charge is 0.325 e. The van der Waals surface area contributed by atoms with Gasteiger partial charge in [0.25, 0.3) is 0 Å². The van der Waals surface area contributed by atoms with E-state index in [2.05, 4.69) is 4.74 Å². The van der Waals surface area contributed by atoms with E-state index < -0.39 is 19.0 Å². The zero-order chi connectivity index (χ0) is 9.99. The summed E-state index contributed by atoms with van der Waals surface area (Å²) in [5.41, 5.74) is 5.06. The Morgan fingerprint density at radius 1 is 1.25 bits per heavy atom. The monoisotopic (exact) mass is 185 g/mol. The molecule has 12 heavy (non-hydrogen) atoms. The Kier molecular flexibility index (Phi) is 3.53. The molecule has 0 aliphatic carbocycles. The number of rotatable bonds is 2. The molecule has 0 bridgehead atoms. The van der Waals surface area contributed by atoms with Crippen molar-refractivity contribution in [2.45, 2.75) is 33.2 Å². The summed E-state index contributed by atoms with van der Waals surface area (Å²) in [6.45, 7) is 4.79. The molecule has 0 saturated heterocycles. The van der Waals surface area contributed by atoms with E-state index in [0.717, 1.165) is 0 Å². The maximum absolute atomic E-state index is 11.5. The molecule has 0 spiro atoms. The van der Waals surface area contributed by atoms with Crippen LogP contribution in [0.2, 0.25) is 0 Å². The first-order chi connectivity index (χ1) is 5.13. The van der Waals surface area contributed by atoms with E-state index in [0.29, 0.717) is 0 Å². The summed E-state index contributed by atoms with van der Waals surface area (Å²) in [4.78, 5) is 0. The summed E-state index contributed by atoms with van der Waals surface area (Å²) in [7, 11) is 0. The number of hydrogen-bond donors (Lipinski definition) is 1. The molecule has 0 fully saturated rings. The van der Waals surface area contributed by atoms with Crippen LogP contribution in [0.1, 0.15) is 20.8 Å². The summed E-state index contributed by atoms with van der Waals surface area (Å²) in [6.07, 6.45) is -4.58. The molecule has 74 valence electrons. The number of ether oxygens (including phenoxy) is 1. The maximum atomic E-state index is 11.5. The van der Waals surface area contributed by atoms with Crippen LogP contribution in [0.5, 0.6) is 0 Å². The van der Waals surface area contributed by atoms with Gasteiger partial charge in [-0.05, 0) is 5.41 Å². The largest absolute Gasteiger partial charge is 0.522 e. The lowest BCUT2D eigenvalue weighted by atomic mass is 9.88. The van der Waals surface area contributed by atoms with Crippen molar-refractivity contribution < 1.29 is 17.9 Å². The van der Waals surface area contributed by atoms with Gasteiger partial charge in [-0.2, -0.15) is 0 Å². The van der Waals surface area contributed by atoms with Gasteiger partial charge in [0.2, 0.25) is 0 Å². The average molecular weight is 185 g/mol. The van der Waals surface area contributed by atoms with Gasteiger partial charge in [0.1, 0.15) is 0 Å². The zero-order valence-electron chi connectivity index (χ0n) is 7.40. The molecule has 1 atom stereocenters. The van der Waals surface area contributed by atoms with Crippen LogP contribution in [0.25, 0.3) is 0 Å². The molecule has 0 unspecified atom stereocenters. The SMILES string of the molecule is CC(C)(C)[C@@H](N)COC(F)(F)F. The molecule has 0 aliphatic rings. The van der Waals surface area contributed by atoms with Crippen molar-refractivity contribution in [3.8, 4) is 0 Å². The van der Waals surface area contributed by atoms with Gasteiger partial charge in [0.05, 0.1) is 6.61 Å². The number of nitrogens with two attached hydrogens (primary N) is 1. The van der Waals surface area contributed by atoms with E-state index >= 15 is 0 Å². The minimum Gasteiger partial charge on any atom is -0.325 e. The van der Waals surface area contributed by atoms with Crippen LogP contribution >= 0.6 is 0 Å². The number of halogens is 3. The molecule has 0 aromatic heterocycles. The van der Waals surface area contributed by atoms with E-state index in [1.807, 2.05) is 0 Å². The fourth-order valence-electron chi connectivity index (χ4n) is 0.434. The van der Waals surface area contributed by atoms with Crippen LogP contribution in [0.4, 0.5) is 13.2 Å². The van der Waals surface area contributed by atoms with Crippen LogP contribution in [-0.2, 0) is 4.74 Å². The molecule has 0 rings (SSSR count). The van der Waals surface area contributed by atoms with Gasteiger partial charge in [-0.3, -0.25) is 4.74 Å². The van der Waals surface area contributed by atoms with Gasteiger partial charge in [-0.25, -0.2) is 0 Å². The van der Waals surface area contributed by atoms with Crippen LogP contribution in [0.15, 0.2) is 0 Å².